The second kappa shape index (κ2) is 5.31. The van der Waals surface area contributed by atoms with Crippen molar-refractivity contribution in [3.63, 3.8) is 0 Å². The summed E-state index contributed by atoms with van der Waals surface area (Å²) in [5, 5.41) is 0. The van der Waals surface area contributed by atoms with Crippen molar-refractivity contribution >= 4 is 11.4 Å². The fraction of sp³-hybridized carbons (Fsp3) is 0.312. The normalized spacial score (nSPS) is 15.6. The Morgan fingerprint density at radius 3 is 2.11 bits per heavy atom. The van der Waals surface area contributed by atoms with Crippen molar-refractivity contribution < 1.29 is 0 Å². The Balaban J connectivity index is 1.67. The number of anilines is 2. The van der Waals surface area contributed by atoms with Crippen molar-refractivity contribution in [3.05, 3.63) is 54.4 Å². The van der Waals surface area contributed by atoms with Crippen molar-refractivity contribution in [1.29, 1.82) is 0 Å². The molecule has 2 heterocycles. The minimum Gasteiger partial charge on any atom is -0.368 e. The standard InChI is InChI=1S/C16H19N3/c1-14-3-2-4-16(13-14)19-11-9-18(10-12-19)15-5-7-17-8-6-15/h2-8,13H,9-12H2,1H3. The molecular weight excluding hydrogens is 234 g/mol. The average molecular weight is 253 g/mol. The maximum atomic E-state index is 4.08. The molecule has 3 heteroatoms. The summed E-state index contributed by atoms with van der Waals surface area (Å²) in [5.74, 6) is 0. The van der Waals surface area contributed by atoms with Gasteiger partial charge in [0.05, 0.1) is 0 Å². The van der Waals surface area contributed by atoms with Crippen molar-refractivity contribution in [1.82, 2.24) is 4.98 Å². The van der Waals surface area contributed by atoms with E-state index in [2.05, 4.69) is 58.1 Å². The summed E-state index contributed by atoms with van der Waals surface area (Å²) in [6, 6.07) is 12.9. The summed E-state index contributed by atoms with van der Waals surface area (Å²) in [7, 11) is 0. The van der Waals surface area contributed by atoms with E-state index in [1.807, 2.05) is 12.4 Å². The summed E-state index contributed by atoms with van der Waals surface area (Å²) in [6.07, 6.45) is 3.73. The summed E-state index contributed by atoms with van der Waals surface area (Å²) in [4.78, 5) is 8.96. The molecule has 0 N–H and O–H groups in total. The lowest BCUT2D eigenvalue weighted by Crippen LogP contribution is -2.46. The first-order valence-electron chi connectivity index (χ1n) is 6.79. The SMILES string of the molecule is Cc1cccc(N2CCN(c3ccncc3)CC2)c1. The van der Waals surface area contributed by atoms with Crippen LogP contribution in [-0.2, 0) is 0 Å². The number of piperazine rings is 1. The quantitative estimate of drug-likeness (QED) is 0.820. The van der Waals surface area contributed by atoms with Gasteiger partial charge in [-0.2, -0.15) is 0 Å². The molecule has 0 bridgehead atoms. The Morgan fingerprint density at radius 1 is 0.842 bits per heavy atom. The topological polar surface area (TPSA) is 19.4 Å². The number of aryl methyl sites for hydroxylation is 1. The number of rotatable bonds is 2. The van der Waals surface area contributed by atoms with Crippen molar-refractivity contribution in [3.8, 4) is 0 Å². The third kappa shape index (κ3) is 2.70. The molecule has 1 saturated heterocycles. The minimum absolute atomic E-state index is 1.07. The van der Waals surface area contributed by atoms with Crippen molar-refractivity contribution in [2.75, 3.05) is 36.0 Å². The molecule has 19 heavy (non-hydrogen) atoms. The van der Waals surface area contributed by atoms with Gasteiger partial charge in [-0.15, -0.1) is 0 Å². The van der Waals surface area contributed by atoms with E-state index in [0.29, 0.717) is 0 Å². The van der Waals surface area contributed by atoms with E-state index in [9.17, 15) is 0 Å². The van der Waals surface area contributed by atoms with E-state index in [1.54, 1.807) is 0 Å². The average Bonchev–Trinajstić information content (AvgIpc) is 2.48. The van der Waals surface area contributed by atoms with Crippen LogP contribution in [0.5, 0.6) is 0 Å². The Kier molecular flexibility index (Phi) is 3.36. The van der Waals surface area contributed by atoms with Gasteiger partial charge < -0.3 is 9.80 Å². The molecule has 0 spiro atoms. The third-order valence-corrected chi connectivity index (χ3v) is 3.67. The zero-order valence-corrected chi connectivity index (χ0v) is 11.3. The van der Waals surface area contributed by atoms with Gasteiger partial charge in [-0.3, -0.25) is 4.98 Å². The number of aromatic nitrogens is 1. The van der Waals surface area contributed by atoms with Crippen LogP contribution in [0.3, 0.4) is 0 Å². The molecule has 0 radical (unpaired) electrons. The predicted molar refractivity (Wildman–Crippen MR) is 79.8 cm³/mol. The lowest BCUT2D eigenvalue weighted by atomic mass is 10.2. The van der Waals surface area contributed by atoms with Gasteiger partial charge in [-0.25, -0.2) is 0 Å². The highest BCUT2D eigenvalue weighted by Gasteiger charge is 2.17. The second-order valence-electron chi connectivity index (χ2n) is 5.02. The van der Waals surface area contributed by atoms with E-state index in [4.69, 9.17) is 0 Å². The molecule has 1 aliphatic heterocycles. The molecule has 0 aliphatic carbocycles. The Hall–Kier alpha value is -2.03. The monoisotopic (exact) mass is 253 g/mol. The van der Waals surface area contributed by atoms with E-state index >= 15 is 0 Å². The van der Waals surface area contributed by atoms with Crippen LogP contribution < -0.4 is 9.80 Å². The molecule has 0 amide bonds. The number of hydrogen-bond acceptors (Lipinski definition) is 3. The molecule has 0 saturated carbocycles. The molecule has 3 rings (SSSR count). The maximum absolute atomic E-state index is 4.08. The molecule has 1 aromatic heterocycles. The number of nitrogens with zero attached hydrogens (tertiary/aromatic N) is 3. The first-order valence-corrected chi connectivity index (χ1v) is 6.79. The number of hydrogen-bond donors (Lipinski definition) is 0. The second-order valence-corrected chi connectivity index (χ2v) is 5.02. The molecule has 2 aromatic rings. The molecule has 0 unspecified atom stereocenters. The first-order chi connectivity index (χ1) is 9.33. The maximum Gasteiger partial charge on any atom is 0.0398 e. The fourth-order valence-corrected chi connectivity index (χ4v) is 2.60. The smallest absolute Gasteiger partial charge is 0.0398 e. The fourth-order valence-electron chi connectivity index (χ4n) is 2.60. The molecule has 1 fully saturated rings. The number of pyridine rings is 1. The van der Waals surface area contributed by atoms with Crippen molar-refractivity contribution in [2.24, 2.45) is 0 Å². The van der Waals surface area contributed by atoms with E-state index in [1.165, 1.54) is 16.9 Å². The third-order valence-electron chi connectivity index (χ3n) is 3.67. The molecule has 3 nitrogen and oxygen atoms in total. The van der Waals surface area contributed by atoms with Crippen LogP contribution in [0.4, 0.5) is 11.4 Å². The van der Waals surface area contributed by atoms with Gasteiger partial charge in [0.25, 0.3) is 0 Å². The van der Waals surface area contributed by atoms with Gasteiger partial charge >= 0.3 is 0 Å². The van der Waals surface area contributed by atoms with Crippen LogP contribution in [0.25, 0.3) is 0 Å². The van der Waals surface area contributed by atoms with Gasteiger partial charge in [0, 0.05) is 49.9 Å². The van der Waals surface area contributed by atoms with Crippen LogP contribution in [0, 0.1) is 6.92 Å². The highest BCUT2D eigenvalue weighted by Crippen LogP contribution is 2.20. The van der Waals surface area contributed by atoms with Crippen LogP contribution in [0.1, 0.15) is 5.56 Å². The van der Waals surface area contributed by atoms with Crippen molar-refractivity contribution in [2.45, 2.75) is 6.92 Å². The highest BCUT2D eigenvalue weighted by molar-refractivity contribution is 5.52. The molecular formula is C16H19N3. The summed E-state index contributed by atoms with van der Waals surface area (Å²) >= 11 is 0. The van der Waals surface area contributed by atoms with E-state index < -0.39 is 0 Å². The first kappa shape index (κ1) is 12.0. The Morgan fingerprint density at radius 2 is 1.47 bits per heavy atom. The molecule has 1 aliphatic rings. The van der Waals surface area contributed by atoms with Crippen LogP contribution in [0.15, 0.2) is 48.8 Å². The van der Waals surface area contributed by atoms with Gasteiger partial charge in [0.1, 0.15) is 0 Å². The predicted octanol–water partition coefficient (Wildman–Crippen LogP) is 2.72. The Labute approximate surface area is 114 Å². The lowest BCUT2D eigenvalue weighted by Gasteiger charge is -2.37. The largest absolute Gasteiger partial charge is 0.368 e. The van der Waals surface area contributed by atoms with Crippen LogP contribution in [0.2, 0.25) is 0 Å². The zero-order chi connectivity index (χ0) is 13.1. The zero-order valence-electron chi connectivity index (χ0n) is 11.3. The minimum atomic E-state index is 1.07. The number of benzene rings is 1. The summed E-state index contributed by atoms with van der Waals surface area (Å²) < 4.78 is 0. The molecule has 1 aromatic carbocycles. The molecule has 0 atom stereocenters. The van der Waals surface area contributed by atoms with E-state index in [-0.39, 0.29) is 0 Å². The van der Waals surface area contributed by atoms with Crippen LogP contribution in [-0.4, -0.2) is 31.2 Å². The highest BCUT2D eigenvalue weighted by atomic mass is 15.3. The Bertz CT molecular complexity index is 531. The molecule has 98 valence electrons. The summed E-state index contributed by atoms with van der Waals surface area (Å²) in [6.45, 7) is 6.43. The van der Waals surface area contributed by atoms with Crippen LogP contribution >= 0.6 is 0 Å². The van der Waals surface area contributed by atoms with Gasteiger partial charge in [0.15, 0.2) is 0 Å². The lowest BCUT2D eigenvalue weighted by molar-refractivity contribution is 0.653. The van der Waals surface area contributed by atoms with E-state index in [0.717, 1.165) is 26.2 Å². The van der Waals surface area contributed by atoms with Gasteiger partial charge in [0.2, 0.25) is 0 Å². The van der Waals surface area contributed by atoms with Gasteiger partial charge in [-0.05, 0) is 36.8 Å². The van der Waals surface area contributed by atoms with Gasteiger partial charge in [-0.1, -0.05) is 12.1 Å². The summed E-state index contributed by atoms with van der Waals surface area (Å²) in [5.41, 5.74) is 3.95.